The zero-order valence-corrected chi connectivity index (χ0v) is 8.38. The smallest absolute Gasteiger partial charge is 0.0816 e. The molecule has 0 aliphatic rings. The first kappa shape index (κ1) is 10.5. The average Bonchev–Trinajstić information content (AvgIpc) is 2.04. The predicted octanol–water partition coefficient (Wildman–Crippen LogP) is 2.03. The van der Waals surface area contributed by atoms with Crippen LogP contribution in [0, 0.1) is 6.92 Å². The lowest BCUT2D eigenvalue weighted by molar-refractivity contribution is 0.170. The largest absolute Gasteiger partial charge is 0.388 e. The number of hydrogen-bond donors (Lipinski definition) is 2. The van der Waals surface area contributed by atoms with Crippen LogP contribution < -0.4 is 5.73 Å². The fourth-order valence-corrected chi connectivity index (χ4v) is 1.58. The van der Waals surface area contributed by atoms with E-state index in [-0.39, 0.29) is 0 Å². The molecule has 2 nitrogen and oxygen atoms in total. The van der Waals surface area contributed by atoms with Crippen molar-refractivity contribution in [3.05, 3.63) is 34.3 Å². The van der Waals surface area contributed by atoms with Gasteiger partial charge in [0.2, 0.25) is 0 Å². The number of aryl methyl sites for hydroxylation is 1. The molecule has 0 aliphatic carbocycles. The van der Waals surface area contributed by atoms with E-state index in [9.17, 15) is 5.11 Å². The molecule has 3 heteroatoms. The Morgan fingerprint density at radius 1 is 1.54 bits per heavy atom. The molecular formula is C10H14ClNO. The van der Waals surface area contributed by atoms with Crippen LogP contribution in [0.2, 0.25) is 5.02 Å². The first-order valence-corrected chi connectivity index (χ1v) is 4.67. The average molecular weight is 200 g/mol. The normalized spacial score (nSPS) is 12.9. The van der Waals surface area contributed by atoms with Gasteiger partial charge in [0.1, 0.15) is 0 Å². The monoisotopic (exact) mass is 199 g/mol. The highest BCUT2D eigenvalue weighted by Crippen LogP contribution is 2.25. The lowest BCUT2D eigenvalue weighted by Crippen LogP contribution is -2.07. The molecule has 0 bridgehead atoms. The molecule has 0 spiro atoms. The molecule has 0 heterocycles. The first-order chi connectivity index (χ1) is 6.15. The molecule has 1 aromatic carbocycles. The van der Waals surface area contributed by atoms with E-state index >= 15 is 0 Å². The van der Waals surface area contributed by atoms with Crippen LogP contribution >= 0.6 is 11.6 Å². The third-order valence-corrected chi connectivity index (χ3v) is 2.28. The second kappa shape index (κ2) is 4.61. The number of hydrogen-bond acceptors (Lipinski definition) is 2. The molecule has 1 rings (SSSR count). The number of aliphatic hydroxyl groups excluding tert-OH is 1. The van der Waals surface area contributed by atoms with Gasteiger partial charge in [0.25, 0.3) is 0 Å². The van der Waals surface area contributed by atoms with Gasteiger partial charge < -0.3 is 10.8 Å². The van der Waals surface area contributed by atoms with E-state index in [2.05, 4.69) is 0 Å². The van der Waals surface area contributed by atoms with Crippen molar-refractivity contribution < 1.29 is 5.11 Å². The summed E-state index contributed by atoms with van der Waals surface area (Å²) in [5.41, 5.74) is 7.20. The van der Waals surface area contributed by atoms with E-state index in [1.807, 2.05) is 25.1 Å². The van der Waals surface area contributed by atoms with E-state index in [0.717, 1.165) is 11.1 Å². The Bertz CT molecular complexity index is 288. The Morgan fingerprint density at radius 3 is 2.77 bits per heavy atom. The van der Waals surface area contributed by atoms with Gasteiger partial charge in [-0.3, -0.25) is 0 Å². The first-order valence-electron chi connectivity index (χ1n) is 4.29. The summed E-state index contributed by atoms with van der Waals surface area (Å²) < 4.78 is 0. The zero-order valence-electron chi connectivity index (χ0n) is 7.63. The second-order valence-electron chi connectivity index (χ2n) is 3.12. The van der Waals surface area contributed by atoms with E-state index < -0.39 is 6.10 Å². The maximum absolute atomic E-state index is 9.63. The molecule has 0 amide bonds. The minimum Gasteiger partial charge on any atom is -0.388 e. The van der Waals surface area contributed by atoms with Crippen LogP contribution in [0.1, 0.15) is 23.7 Å². The van der Waals surface area contributed by atoms with Crippen LogP contribution in [0.4, 0.5) is 0 Å². The minimum atomic E-state index is -0.543. The summed E-state index contributed by atoms with van der Waals surface area (Å²) in [6.07, 6.45) is 0.001000. The molecule has 0 fully saturated rings. The highest BCUT2D eigenvalue weighted by atomic mass is 35.5. The SMILES string of the molecule is Cc1ccc(C(O)CCN)c(Cl)c1. The van der Waals surface area contributed by atoms with Gasteiger partial charge in [0.15, 0.2) is 0 Å². The van der Waals surface area contributed by atoms with Gasteiger partial charge in [0.05, 0.1) is 6.10 Å². The maximum atomic E-state index is 9.63. The van der Waals surface area contributed by atoms with Crippen LogP contribution in [0.15, 0.2) is 18.2 Å². The molecule has 1 aromatic rings. The number of nitrogens with two attached hydrogens (primary N) is 1. The third kappa shape index (κ3) is 2.69. The summed E-state index contributed by atoms with van der Waals surface area (Å²) in [6.45, 7) is 2.43. The van der Waals surface area contributed by atoms with E-state index in [1.165, 1.54) is 0 Å². The Balaban J connectivity index is 2.88. The van der Waals surface area contributed by atoms with Gasteiger partial charge in [-0.1, -0.05) is 23.7 Å². The van der Waals surface area contributed by atoms with Crippen LogP contribution in [-0.2, 0) is 0 Å². The summed E-state index contributed by atoms with van der Waals surface area (Å²) in [5.74, 6) is 0. The molecule has 1 atom stereocenters. The number of benzene rings is 1. The van der Waals surface area contributed by atoms with Crippen molar-refractivity contribution in [2.75, 3.05) is 6.54 Å². The third-order valence-electron chi connectivity index (χ3n) is 1.96. The highest BCUT2D eigenvalue weighted by molar-refractivity contribution is 6.31. The van der Waals surface area contributed by atoms with Crippen molar-refractivity contribution in [2.45, 2.75) is 19.4 Å². The Kier molecular flexibility index (Phi) is 3.72. The standard InChI is InChI=1S/C10H14ClNO/c1-7-2-3-8(9(11)6-7)10(13)4-5-12/h2-3,6,10,13H,4-5,12H2,1H3. The summed E-state index contributed by atoms with van der Waals surface area (Å²) >= 11 is 5.96. The summed E-state index contributed by atoms with van der Waals surface area (Å²) in [4.78, 5) is 0. The van der Waals surface area contributed by atoms with E-state index in [1.54, 1.807) is 0 Å². The Hall–Kier alpha value is -0.570. The van der Waals surface area contributed by atoms with Crippen LogP contribution in [0.25, 0.3) is 0 Å². The van der Waals surface area contributed by atoms with Gasteiger partial charge in [0, 0.05) is 5.02 Å². The van der Waals surface area contributed by atoms with Gasteiger partial charge in [-0.15, -0.1) is 0 Å². The summed E-state index contributed by atoms with van der Waals surface area (Å²) in [6, 6.07) is 5.62. The molecule has 72 valence electrons. The molecule has 0 aliphatic heterocycles. The topological polar surface area (TPSA) is 46.2 Å². The Morgan fingerprint density at radius 2 is 2.23 bits per heavy atom. The molecule has 0 saturated carbocycles. The van der Waals surface area contributed by atoms with Crippen LogP contribution in [-0.4, -0.2) is 11.7 Å². The van der Waals surface area contributed by atoms with E-state index in [0.29, 0.717) is 18.0 Å². The van der Waals surface area contributed by atoms with Crippen molar-refractivity contribution in [2.24, 2.45) is 5.73 Å². The number of aliphatic hydroxyl groups is 1. The number of halogens is 1. The highest BCUT2D eigenvalue weighted by Gasteiger charge is 2.09. The second-order valence-corrected chi connectivity index (χ2v) is 3.53. The predicted molar refractivity (Wildman–Crippen MR) is 54.8 cm³/mol. The summed E-state index contributed by atoms with van der Waals surface area (Å²) in [7, 11) is 0. The molecule has 1 unspecified atom stereocenters. The molecular weight excluding hydrogens is 186 g/mol. The van der Waals surface area contributed by atoms with Crippen molar-refractivity contribution >= 4 is 11.6 Å². The zero-order chi connectivity index (χ0) is 9.84. The van der Waals surface area contributed by atoms with Crippen molar-refractivity contribution in [3.8, 4) is 0 Å². The van der Waals surface area contributed by atoms with Gasteiger partial charge in [-0.25, -0.2) is 0 Å². The summed E-state index contributed by atoms with van der Waals surface area (Å²) in [5, 5.41) is 10.2. The van der Waals surface area contributed by atoms with Crippen molar-refractivity contribution in [1.82, 2.24) is 0 Å². The molecule has 0 aromatic heterocycles. The van der Waals surface area contributed by atoms with Gasteiger partial charge >= 0.3 is 0 Å². The van der Waals surface area contributed by atoms with Crippen molar-refractivity contribution in [1.29, 1.82) is 0 Å². The quantitative estimate of drug-likeness (QED) is 0.783. The molecule has 13 heavy (non-hydrogen) atoms. The van der Waals surface area contributed by atoms with Gasteiger partial charge in [-0.2, -0.15) is 0 Å². The van der Waals surface area contributed by atoms with E-state index in [4.69, 9.17) is 17.3 Å². The molecule has 0 radical (unpaired) electrons. The lowest BCUT2D eigenvalue weighted by atomic mass is 10.1. The Labute approximate surface area is 83.3 Å². The maximum Gasteiger partial charge on any atom is 0.0816 e. The minimum absolute atomic E-state index is 0.464. The fourth-order valence-electron chi connectivity index (χ4n) is 1.22. The van der Waals surface area contributed by atoms with Crippen LogP contribution in [0.3, 0.4) is 0 Å². The fraction of sp³-hybridized carbons (Fsp3) is 0.400. The lowest BCUT2D eigenvalue weighted by Gasteiger charge is -2.11. The van der Waals surface area contributed by atoms with Gasteiger partial charge in [-0.05, 0) is 37.1 Å². The van der Waals surface area contributed by atoms with Crippen LogP contribution in [0.5, 0.6) is 0 Å². The van der Waals surface area contributed by atoms with Crippen molar-refractivity contribution in [3.63, 3.8) is 0 Å². The molecule has 3 N–H and O–H groups in total. The molecule has 0 saturated heterocycles. The number of rotatable bonds is 3.